The maximum atomic E-state index is 13.6. The van der Waals surface area contributed by atoms with Crippen molar-refractivity contribution in [2.24, 2.45) is 0 Å². The average Bonchev–Trinajstić information content (AvgIpc) is 2.88. The number of carbonyl (C=O) groups excluding carboxylic acids is 1. The molecule has 9 nitrogen and oxygen atoms in total. The van der Waals surface area contributed by atoms with E-state index in [4.69, 9.17) is 37.9 Å². The van der Waals surface area contributed by atoms with E-state index in [1.165, 1.54) is 0 Å². The second-order valence-corrected chi connectivity index (χ2v) is 9.18. The number of methoxy groups -OCH3 is 2. The highest BCUT2D eigenvalue weighted by Gasteiger charge is 2.34. The molecule has 0 aromatic heterocycles. The Bertz CT molecular complexity index is 1110. The van der Waals surface area contributed by atoms with Crippen LogP contribution in [0, 0.1) is 0 Å². The van der Waals surface area contributed by atoms with Crippen LogP contribution >= 0.6 is 0 Å². The number of ketones is 1. The average molecular weight is 515 g/mol. The Morgan fingerprint density at radius 2 is 1.65 bits per heavy atom. The van der Waals surface area contributed by atoms with Crippen LogP contribution in [0.4, 0.5) is 0 Å². The fourth-order valence-electron chi connectivity index (χ4n) is 4.02. The van der Waals surface area contributed by atoms with Gasteiger partial charge in [0.05, 0.1) is 37.9 Å². The van der Waals surface area contributed by atoms with E-state index in [9.17, 15) is 4.79 Å². The maximum Gasteiger partial charge on any atom is 0.189 e. The van der Waals surface area contributed by atoms with Gasteiger partial charge in [0.25, 0.3) is 0 Å². The zero-order chi connectivity index (χ0) is 26.3. The van der Waals surface area contributed by atoms with Gasteiger partial charge >= 0.3 is 0 Å². The van der Waals surface area contributed by atoms with Crippen molar-refractivity contribution in [3.8, 4) is 23.0 Å². The number of carbonyl (C=O) groups is 1. The summed E-state index contributed by atoms with van der Waals surface area (Å²) in [7, 11) is 3.22. The Morgan fingerprint density at radius 1 is 0.919 bits per heavy atom. The summed E-state index contributed by atoms with van der Waals surface area (Å²) in [6.07, 6.45) is 3.99. The van der Waals surface area contributed by atoms with Gasteiger partial charge < -0.3 is 37.9 Å². The van der Waals surface area contributed by atoms with Crippen LogP contribution in [-0.4, -0.2) is 72.2 Å². The predicted octanol–water partition coefficient (Wildman–Crippen LogP) is 4.23. The molecule has 2 aromatic carbocycles. The van der Waals surface area contributed by atoms with Crippen molar-refractivity contribution < 1.29 is 42.7 Å². The molecule has 0 aliphatic carbocycles. The highest BCUT2D eigenvalue weighted by molar-refractivity contribution is 6.04. The van der Waals surface area contributed by atoms with E-state index >= 15 is 0 Å². The molecule has 0 saturated heterocycles. The number of rotatable bonds is 13. The van der Waals surface area contributed by atoms with Gasteiger partial charge in [-0.25, -0.2) is 0 Å². The lowest BCUT2D eigenvalue weighted by atomic mass is 9.86. The zero-order valence-corrected chi connectivity index (χ0v) is 21.7. The third-order valence-electron chi connectivity index (χ3n) is 5.97. The summed E-state index contributed by atoms with van der Waals surface area (Å²) in [4.78, 5) is 13.6. The van der Waals surface area contributed by atoms with Gasteiger partial charge in [0.15, 0.2) is 19.4 Å². The Morgan fingerprint density at radius 3 is 2.38 bits per heavy atom. The fraction of sp³-hybridized carbons (Fsp3) is 0.464. The molecule has 200 valence electrons. The Kier molecular flexibility index (Phi) is 9.04. The molecular weight excluding hydrogens is 480 g/mol. The smallest absolute Gasteiger partial charge is 0.189 e. The fourth-order valence-corrected chi connectivity index (χ4v) is 4.02. The quantitative estimate of drug-likeness (QED) is 0.288. The maximum absolute atomic E-state index is 13.6. The minimum Gasteiger partial charge on any atom is -0.492 e. The number of benzene rings is 2. The third-order valence-corrected chi connectivity index (χ3v) is 5.97. The first-order chi connectivity index (χ1) is 17.9. The van der Waals surface area contributed by atoms with Gasteiger partial charge in [-0.1, -0.05) is 6.08 Å². The first-order valence-corrected chi connectivity index (χ1v) is 12.2. The van der Waals surface area contributed by atoms with E-state index in [1.54, 1.807) is 32.4 Å². The van der Waals surface area contributed by atoms with Crippen molar-refractivity contribution in [2.75, 3.05) is 60.8 Å². The second-order valence-electron chi connectivity index (χ2n) is 9.18. The standard InChI is InChI=1S/C28H34O9/c1-28(2)8-7-19-13-22(26(15-24(19)37-28)36-18-33-12-10-31-4)23-16-34-25-14-20(5-6-21(25)27(23)29)35-17-32-11-9-30-3/h5-8,13-15,23H,9-12,16-18H2,1-4H3. The lowest BCUT2D eigenvalue weighted by Crippen LogP contribution is -2.29. The highest BCUT2D eigenvalue weighted by atomic mass is 16.7. The summed E-state index contributed by atoms with van der Waals surface area (Å²) in [5, 5.41) is 0. The summed E-state index contributed by atoms with van der Waals surface area (Å²) >= 11 is 0. The molecule has 0 N–H and O–H groups in total. The summed E-state index contributed by atoms with van der Waals surface area (Å²) in [5.74, 6) is 1.61. The molecule has 0 radical (unpaired) electrons. The van der Waals surface area contributed by atoms with Gasteiger partial charge in [0, 0.05) is 37.5 Å². The van der Waals surface area contributed by atoms with Crippen molar-refractivity contribution in [1.82, 2.24) is 0 Å². The Balaban J connectivity index is 1.53. The van der Waals surface area contributed by atoms with Gasteiger partial charge in [-0.15, -0.1) is 0 Å². The Hall–Kier alpha value is -3.11. The predicted molar refractivity (Wildman–Crippen MR) is 136 cm³/mol. The van der Waals surface area contributed by atoms with Crippen molar-refractivity contribution in [2.45, 2.75) is 25.4 Å². The van der Waals surface area contributed by atoms with Gasteiger partial charge in [-0.3, -0.25) is 4.79 Å². The topological polar surface area (TPSA) is 90.9 Å². The van der Waals surface area contributed by atoms with Crippen molar-refractivity contribution >= 4 is 11.9 Å². The van der Waals surface area contributed by atoms with Crippen molar-refractivity contribution in [3.05, 3.63) is 53.1 Å². The van der Waals surface area contributed by atoms with Crippen LogP contribution in [0.5, 0.6) is 23.0 Å². The number of fused-ring (bicyclic) bond motifs is 2. The van der Waals surface area contributed by atoms with E-state index in [-0.39, 0.29) is 26.0 Å². The highest BCUT2D eigenvalue weighted by Crippen LogP contribution is 2.42. The van der Waals surface area contributed by atoms with Crippen LogP contribution in [0.25, 0.3) is 6.08 Å². The monoisotopic (exact) mass is 514 g/mol. The molecule has 2 aliphatic heterocycles. The number of hydrogen-bond acceptors (Lipinski definition) is 9. The SMILES string of the molecule is COCCOCOc1ccc2c(c1)OCC(c1cc3c(cc1OCOCCOC)OC(C)(C)C=C3)C2=O. The molecule has 0 bridgehead atoms. The first-order valence-electron chi connectivity index (χ1n) is 12.2. The van der Waals surface area contributed by atoms with E-state index in [0.717, 1.165) is 5.56 Å². The zero-order valence-electron chi connectivity index (χ0n) is 21.7. The molecule has 4 rings (SSSR count). The van der Waals surface area contributed by atoms with Crippen LogP contribution in [-0.2, 0) is 18.9 Å². The lowest BCUT2D eigenvalue weighted by Gasteiger charge is -2.30. The molecule has 2 aliphatic rings. The summed E-state index contributed by atoms with van der Waals surface area (Å²) in [5.41, 5.74) is 1.62. The first kappa shape index (κ1) is 26.9. The molecule has 2 heterocycles. The van der Waals surface area contributed by atoms with Gasteiger partial charge in [0.1, 0.15) is 35.2 Å². The minimum absolute atomic E-state index is 0.0138. The van der Waals surface area contributed by atoms with Crippen LogP contribution in [0.3, 0.4) is 0 Å². The Labute approximate surface area is 217 Å². The molecule has 1 atom stereocenters. The molecule has 0 amide bonds. The molecular formula is C28H34O9. The molecule has 37 heavy (non-hydrogen) atoms. The van der Waals surface area contributed by atoms with E-state index < -0.39 is 11.5 Å². The summed E-state index contributed by atoms with van der Waals surface area (Å²) in [6, 6.07) is 8.90. The van der Waals surface area contributed by atoms with Gasteiger partial charge in [-0.05, 0) is 38.1 Å². The van der Waals surface area contributed by atoms with Crippen LogP contribution in [0.15, 0.2) is 36.4 Å². The van der Waals surface area contributed by atoms with Crippen molar-refractivity contribution in [1.29, 1.82) is 0 Å². The molecule has 0 spiro atoms. The van der Waals surface area contributed by atoms with Crippen LogP contribution in [0.1, 0.15) is 41.3 Å². The van der Waals surface area contributed by atoms with Crippen LogP contribution < -0.4 is 18.9 Å². The van der Waals surface area contributed by atoms with Gasteiger partial charge in [-0.2, -0.15) is 0 Å². The normalized spacial score (nSPS) is 17.4. The summed E-state index contributed by atoms with van der Waals surface area (Å²) in [6.45, 7) is 5.98. The number of Topliss-reactive ketones (excluding diaryl/α,β-unsaturated/α-hetero) is 1. The molecule has 0 saturated carbocycles. The molecule has 2 aromatic rings. The van der Waals surface area contributed by atoms with E-state index in [0.29, 0.717) is 60.6 Å². The molecule has 9 heteroatoms. The van der Waals surface area contributed by atoms with E-state index in [1.807, 2.05) is 38.1 Å². The van der Waals surface area contributed by atoms with Gasteiger partial charge in [0.2, 0.25) is 0 Å². The summed E-state index contributed by atoms with van der Waals surface area (Å²) < 4.78 is 44.5. The van der Waals surface area contributed by atoms with E-state index in [2.05, 4.69) is 0 Å². The molecule has 1 unspecified atom stereocenters. The lowest BCUT2D eigenvalue weighted by molar-refractivity contribution is -0.00937. The second kappa shape index (κ2) is 12.4. The number of hydrogen-bond donors (Lipinski definition) is 0. The van der Waals surface area contributed by atoms with Crippen LogP contribution in [0.2, 0.25) is 0 Å². The van der Waals surface area contributed by atoms with Crippen molar-refractivity contribution in [3.63, 3.8) is 0 Å². The number of ether oxygens (including phenoxy) is 8. The third kappa shape index (κ3) is 6.81. The largest absolute Gasteiger partial charge is 0.492 e. The molecule has 0 fully saturated rings. The minimum atomic E-state index is -0.556.